The normalized spacial score (nSPS) is 17.5. The van der Waals surface area contributed by atoms with E-state index < -0.39 is 0 Å². The minimum atomic E-state index is -0.288. The predicted molar refractivity (Wildman–Crippen MR) is 98.0 cm³/mol. The SMILES string of the molecule is Cc1ccc(/C=C(\C(=O)NC[C@H]2CCCO2)n2ccccc2=O)cc1. The first kappa shape index (κ1) is 17.2. The van der Waals surface area contributed by atoms with Gasteiger partial charge in [0.25, 0.3) is 11.5 Å². The van der Waals surface area contributed by atoms with E-state index in [1.54, 1.807) is 24.4 Å². The molecule has 0 aliphatic carbocycles. The summed E-state index contributed by atoms with van der Waals surface area (Å²) in [4.78, 5) is 24.9. The third kappa shape index (κ3) is 4.45. The molecule has 0 radical (unpaired) electrons. The molecule has 1 aromatic heterocycles. The zero-order valence-corrected chi connectivity index (χ0v) is 14.3. The number of aromatic nitrogens is 1. The van der Waals surface area contributed by atoms with Crippen molar-refractivity contribution in [2.45, 2.75) is 25.9 Å². The molecule has 1 aromatic carbocycles. The summed E-state index contributed by atoms with van der Waals surface area (Å²) in [6.07, 6.45) is 5.35. The molecule has 0 bridgehead atoms. The molecule has 1 amide bonds. The van der Waals surface area contributed by atoms with Gasteiger partial charge in [0.2, 0.25) is 0 Å². The minimum Gasteiger partial charge on any atom is -0.376 e. The molecule has 1 atom stereocenters. The van der Waals surface area contributed by atoms with Gasteiger partial charge in [-0.2, -0.15) is 0 Å². The Labute approximate surface area is 146 Å². The lowest BCUT2D eigenvalue weighted by molar-refractivity contribution is -0.116. The molecule has 0 saturated carbocycles. The van der Waals surface area contributed by atoms with Crippen molar-refractivity contribution in [2.75, 3.05) is 13.2 Å². The van der Waals surface area contributed by atoms with Crippen LogP contribution in [0.1, 0.15) is 24.0 Å². The van der Waals surface area contributed by atoms with Crippen LogP contribution in [0.3, 0.4) is 0 Å². The second-order valence-corrected chi connectivity index (χ2v) is 6.19. The number of benzene rings is 1. The van der Waals surface area contributed by atoms with E-state index in [0.29, 0.717) is 12.2 Å². The smallest absolute Gasteiger partial charge is 0.268 e. The largest absolute Gasteiger partial charge is 0.376 e. The number of amides is 1. The Morgan fingerprint density at radius 1 is 1.28 bits per heavy atom. The average Bonchev–Trinajstić information content (AvgIpc) is 3.13. The van der Waals surface area contributed by atoms with Crippen LogP contribution in [0.2, 0.25) is 0 Å². The molecular formula is C20H22N2O3. The highest BCUT2D eigenvalue weighted by Gasteiger charge is 2.18. The Morgan fingerprint density at radius 3 is 2.76 bits per heavy atom. The summed E-state index contributed by atoms with van der Waals surface area (Å²) in [5, 5.41) is 2.89. The quantitative estimate of drug-likeness (QED) is 0.852. The van der Waals surface area contributed by atoms with E-state index in [0.717, 1.165) is 30.6 Å². The Morgan fingerprint density at radius 2 is 2.08 bits per heavy atom. The molecule has 5 nitrogen and oxygen atoms in total. The molecule has 1 aliphatic heterocycles. The number of carbonyl (C=O) groups excluding carboxylic acids is 1. The van der Waals surface area contributed by atoms with Gasteiger partial charge in [0.1, 0.15) is 5.70 Å². The van der Waals surface area contributed by atoms with Crippen LogP contribution in [-0.4, -0.2) is 29.7 Å². The van der Waals surface area contributed by atoms with Crippen LogP contribution in [0, 0.1) is 6.92 Å². The number of aryl methyl sites for hydroxylation is 1. The molecule has 2 heterocycles. The number of rotatable bonds is 5. The number of nitrogens with zero attached hydrogens (tertiary/aromatic N) is 1. The average molecular weight is 338 g/mol. The third-order valence-corrected chi connectivity index (χ3v) is 4.21. The zero-order valence-electron chi connectivity index (χ0n) is 14.3. The van der Waals surface area contributed by atoms with Crippen molar-refractivity contribution < 1.29 is 9.53 Å². The first-order chi connectivity index (χ1) is 12.1. The second kappa shape index (κ2) is 7.94. The van der Waals surface area contributed by atoms with Crippen molar-refractivity contribution in [1.29, 1.82) is 0 Å². The number of nitrogens with one attached hydrogen (secondary N) is 1. The Bertz CT molecular complexity index is 815. The molecule has 0 spiro atoms. The van der Waals surface area contributed by atoms with Gasteiger partial charge in [0.05, 0.1) is 6.10 Å². The van der Waals surface area contributed by atoms with Gasteiger partial charge in [-0.05, 0) is 37.5 Å². The highest BCUT2D eigenvalue weighted by Crippen LogP contribution is 2.14. The predicted octanol–water partition coefficient (Wildman–Crippen LogP) is 2.45. The van der Waals surface area contributed by atoms with Gasteiger partial charge in [0.15, 0.2) is 0 Å². The van der Waals surface area contributed by atoms with Crippen molar-refractivity contribution in [3.8, 4) is 0 Å². The molecule has 2 aromatic rings. The first-order valence-corrected chi connectivity index (χ1v) is 8.50. The Balaban J connectivity index is 1.88. The minimum absolute atomic E-state index is 0.0528. The molecule has 130 valence electrons. The standard InChI is InChI=1S/C20H22N2O3/c1-15-7-9-16(10-8-15)13-18(22-11-3-2-6-19(22)23)20(24)21-14-17-5-4-12-25-17/h2-3,6-11,13,17H,4-5,12,14H2,1H3,(H,21,24)/b18-13+/t17-/m1/s1. The monoisotopic (exact) mass is 338 g/mol. The van der Waals surface area contributed by atoms with Crippen molar-refractivity contribution >= 4 is 17.7 Å². The van der Waals surface area contributed by atoms with Crippen molar-refractivity contribution in [3.05, 3.63) is 70.1 Å². The maximum atomic E-state index is 12.7. The second-order valence-electron chi connectivity index (χ2n) is 6.19. The summed E-state index contributed by atoms with van der Waals surface area (Å²) in [5.74, 6) is -0.288. The highest BCUT2D eigenvalue weighted by atomic mass is 16.5. The van der Waals surface area contributed by atoms with Gasteiger partial charge in [0, 0.05) is 25.4 Å². The van der Waals surface area contributed by atoms with Gasteiger partial charge in [-0.25, -0.2) is 0 Å². The van der Waals surface area contributed by atoms with E-state index >= 15 is 0 Å². The van der Waals surface area contributed by atoms with E-state index in [4.69, 9.17) is 4.74 Å². The van der Waals surface area contributed by atoms with Crippen LogP contribution in [0.5, 0.6) is 0 Å². The fraction of sp³-hybridized carbons (Fsp3) is 0.300. The fourth-order valence-electron chi connectivity index (χ4n) is 2.79. The van der Waals surface area contributed by atoms with Gasteiger partial charge in [-0.15, -0.1) is 0 Å². The number of carbonyl (C=O) groups is 1. The summed E-state index contributed by atoms with van der Waals surface area (Å²) >= 11 is 0. The molecule has 1 saturated heterocycles. The molecular weight excluding hydrogens is 316 g/mol. The lowest BCUT2D eigenvalue weighted by atomic mass is 10.1. The van der Waals surface area contributed by atoms with Gasteiger partial charge in [-0.1, -0.05) is 35.9 Å². The third-order valence-electron chi connectivity index (χ3n) is 4.21. The molecule has 3 rings (SSSR count). The number of hydrogen-bond donors (Lipinski definition) is 1. The molecule has 1 aliphatic rings. The summed E-state index contributed by atoms with van der Waals surface area (Å²) < 4.78 is 6.91. The topological polar surface area (TPSA) is 60.3 Å². The molecule has 1 fully saturated rings. The maximum Gasteiger partial charge on any atom is 0.268 e. The Kier molecular flexibility index (Phi) is 5.46. The summed E-state index contributed by atoms with van der Waals surface area (Å²) in [6.45, 7) is 3.20. The first-order valence-electron chi connectivity index (χ1n) is 8.50. The van der Waals surface area contributed by atoms with E-state index in [1.165, 1.54) is 10.6 Å². The van der Waals surface area contributed by atoms with Crippen LogP contribution < -0.4 is 10.9 Å². The van der Waals surface area contributed by atoms with Gasteiger partial charge in [-0.3, -0.25) is 14.2 Å². The molecule has 5 heteroatoms. The van der Waals surface area contributed by atoms with Gasteiger partial charge < -0.3 is 10.1 Å². The molecule has 25 heavy (non-hydrogen) atoms. The van der Waals surface area contributed by atoms with Crippen molar-refractivity contribution in [3.63, 3.8) is 0 Å². The fourth-order valence-corrected chi connectivity index (χ4v) is 2.79. The van der Waals surface area contributed by atoms with E-state index in [1.807, 2.05) is 31.2 Å². The van der Waals surface area contributed by atoms with Crippen LogP contribution in [0.4, 0.5) is 0 Å². The lowest BCUT2D eigenvalue weighted by Gasteiger charge is -2.14. The van der Waals surface area contributed by atoms with Crippen LogP contribution in [-0.2, 0) is 9.53 Å². The van der Waals surface area contributed by atoms with E-state index in [9.17, 15) is 9.59 Å². The number of ether oxygens (including phenoxy) is 1. The highest BCUT2D eigenvalue weighted by molar-refractivity contribution is 6.18. The van der Waals surface area contributed by atoms with Crippen molar-refractivity contribution in [2.24, 2.45) is 0 Å². The number of hydrogen-bond acceptors (Lipinski definition) is 3. The maximum absolute atomic E-state index is 12.7. The van der Waals surface area contributed by atoms with Crippen LogP contribution in [0.15, 0.2) is 53.5 Å². The van der Waals surface area contributed by atoms with E-state index in [2.05, 4.69) is 5.32 Å². The molecule has 0 unspecified atom stereocenters. The van der Waals surface area contributed by atoms with Crippen LogP contribution in [0.25, 0.3) is 11.8 Å². The van der Waals surface area contributed by atoms with Gasteiger partial charge >= 0.3 is 0 Å². The number of pyridine rings is 1. The van der Waals surface area contributed by atoms with Crippen LogP contribution >= 0.6 is 0 Å². The van der Waals surface area contributed by atoms with Crippen molar-refractivity contribution in [1.82, 2.24) is 9.88 Å². The zero-order chi connectivity index (χ0) is 17.6. The summed E-state index contributed by atoms with van der Waals surface area (Å²) in [7, 11) is 0. The summed E-state index contributed by atoms with van der Waals surface area (Å²) in [5.41, 5.74) is 2.06. The lowest BCUT2D eigenvalue weighted by Crippen LogP contribution is -2.35. The molecule has 1 N–H and O–H groups in total. The Hall–Kier alpha value is -2.66. The summed E-state index contributed by atoms with van der Waals surface area (Å²) in [6, 6.07) is 12.6. The van der Waals surface area contributed by atoms with E-state index in [-0.39, 0.29) is 17.6 Å².